The van der Waals surface area contributed by atoms with Gasteiger partial charge in [0, 0.05) is 6.54 Å². The Balaban J connectivity index is 1.75. The van der Waals surface area contributed by atoms with Crippen LogP contribution in [-0.2, 0) is 0 Å². The topological polar surface area (TPSA) is 56.0 Å². The summed E-state index contributed by atoms with van der Waals surface area (Å²) in [5.74, 6) is 0.693. The van der Waals surface area contributed by atoms with Gasteiger partial charge >= 0.3 is 0 Å². The first-order valence-electron chi connectivity index (χ1n) is 6.83. The Morgan fingerprint density at radius 3 is 2.74 bits per heavy atom. The van der Waals surface area contributed by atoms with Crippen LogP contribution < -0.4 is 5.32 Å². The summed E-state index contributed by atoms with van der Waals surface area (Å²) in [4.78, 5) is 0. The molecule has 0 amide bonds. The third kappa shape index (κ3) is 4.20. The fourth-order valence-electron chi connectivity index (χ4n) is 2.36. The van der Waals surface area contributed by atoms with Crippen LogP contribution in [0, 0.1) is 17.2 Å². The van der Waals surface area contributed by atoms with Gasteiger partial charge in [-0.25, -0.2) is 0 Å². The third-order valence-electron chi connectivity index (χ3n) is 3.57. The van der Waals surface area contributed by atoms with E-state index in [1.165, 1.54) is 12.8 Å². The van der Waals surface area contributed by atoms with E-state index in [-0.39, 0.29) is 0 Å². The van der Waals surface area contributed by atoms with Crippen LogP contribution in [0.5, 0.6) is 0 Å². The van der Waals surface area contributed by atoms with Crippen molar-refractivity contribution < 1.29 is 5.11 Å². The summed E-state index contributed by atoms with van der Waals surface area (Å²) in [6.07, 6.45) is 7.52. The molecule has 0 heterocycles. The van der Waals surface area contributed by atoms with E-state index in [2.05, 4.69) is 23.5 Å². The number of allylic oxidation sites excluding steroid dienone is 2. The van der Waals surface area contributed by atoms with Gasteiger partial charge in [0.05, 0.1) is 17.7 Å². The Labute approximate surface area is 114 Å². The molecule has 0 bridgehead atoms. The minimum absolute atomic E-state index is 0.508. The highest BCUT2D eigenvalue weighted by molar-refractivity contribution is 5.32. The molecule has 0 radical (unpaired) electrons. The summed E-state index contributed by atoms with van der Waals surface area (Å²) in [5.41, 5.74) is 1.48. The fourth-order valence-corrected chi connectivity index (χ4v) is 2.36. The highest BCUT2D eigenvalue weighted by Crippen LogP contribution is 2.17. The number of nitrogens with one attached hydrogen (secondary N) is 1. The van der Waals surface area contributed by atoms with E-state index in [1.54, 1.807) is 12.1 Å². The lowest BCUT2D eigenvalue weighted by Crippen LogP contribution is -2.27. The molecule has 0 aliphatic heterocycles. The lowest BCUT2D eigenvalue weighted by Gasteiger charge is -2.19. The summed E-state index contributed by atoms with van der Waals surface area (Å²) in [6, 6.07) is 9.18. The first-order valence-corrected chi connectivity index (χ1v) is 6.83. The van der Waals surface area contributed by atoms with Crippen LogP contribution in [0.4, 0.5) is 0 Å². The summed E-state index contributed by atoms with van der Waals surface area (Å²) >= 11 is 0. The number of aliphatic hydroxyl groups excluding tert-OH is 1. The maximum Gasteiger partial charge on any atom is 0.0991 e. The van der Waals surface area contributed by atoms with Crippen molar-refractivity contribution in [1.82, 2.24) is 5.32 Å². The normalized spacial score (nSPS) is 19.9. The van der Waals surface area contributed by atoms with Crippen LogP contribution in [0.25, 0.3) is 0 Å². The van der Waals surface area contributed by atoms with E-state index in [9.17, 15) is 5.11 Å². The molecule has 19 heavy (non-hydrogen) atoms. The molecule has 1 aliphatic carbocycles. The average molecular weight is 256 g/mol. The van der Waals surface area contributed by atoms with Crippen LogP contribution in [-0.4, -0.2) is 18.2 Å². The Hall–Kier alpha value is -1.63. The van der Waals surface area contributed by atoms with Crippen molar-refractivity contribution in [2.75, 3.05) is 13.1 Å². The van der Waals surface area contributed by atoms with Crippen LogP contribution in [0.1, 0.15) is 36.5 Å². The van der Waals surface area contributed by atoms with Crippen molar-refractivity contribution in [1.29, 1.82) is 5.26 Å². The predicted octanol–water partition coefficient (Wildman–Crippen LogP) is 2.54. The highest BCUT2D eigenvalue weighted by Gasteiger charge is 2.11. The Morgan fingerprint density at radius 2 is 2.11 bits per heavy atom. The second-order valence-corrected chi connectivity index (χ2v) is 5.06. The lowest BCUT2D eigenvalue weighted by atomic mass is 9.94. The predicted molar refractivity (Wildman–Crippen MR) is 75.5 cm³/mol. The van der Waals surface area contributed by atoms with Crippen molar-refractivity contribution >= 4 is 0 Å². The number of hydrogen-bond donors (Lipinski definition) is 2. The summed E-state index contributed by atoms with van der Waals surface area (Å²) in [6.45, 7) is 1.52. The molecule has 0 fully saturated rings. The van der Waals surface area contributed by atoms with Gasteiger partial charge in [0.1, 0.15) is 0 Å². The average Bonchev–Trinajstić information content (AvgIpc) is 2.48. The maximum atomic E-state index is 10.1. The first-order chi connectivity index (χ1) is 9.29. The monoisotopic (exact) mass is 256 g/mol. The zero-order chi connectivity index (χ0) is 13.5. The molecule has 0 saturated heterocycles. The van der Waals surface area contributed by atoms with Crippen molar-refractivity contribution in [3.8, 4) is 6.07 Å². The molecule has 0 saturated carbocycles. The molecule has 1 aliphatic rings. The van der Waals surface area contributed by atoms with Crippen LogP contribution in [0.2, 0.25) is 0 Å². The summed E-state index contributed by atoms with van der Waals surface area (Å²) in [5, 5.41) is 22.1. The molecule has 100 valence electrons. The summed E-state index contributed by atoms with van der Waals surface area (Å²) < 4.78 is 0. The summed E-state index contributed by atoms with van der Waals surface area (Å²) in [7, 11) is 0. The van der Waals surface area contributed by atoms with Crippen LogP contribution >= 0.6 is 0 Å². The van der Waals surface area contributed by atoms with Gasteiger partial charge in [0.2, 0.25) is 0 Å². The highest BCUT2D eigenvalue weighted by atomic mass is 16.3. The van der Waals surface area contributed by atoms with Crippen LogP contribution in [0.3, 0.4) is 0 Å². The third-order valence-corrected chi connectivity index (χ3v) is 3.57. The zero-order valence-corrected chi connectivity index (χ0v) is 11.0. The Morgan fingerprint density at radius 1 is 1.32 bits per heavy atom. The van der Waals surface area contributed by atoms with Gasteiger partial charge in [-0.05, 0) is 49.4 Å². The van der Waals surface area contributed by atoms with E-state index in [0.717, 1.165) is 18.5 Å². The minimum Gasteiger partial charge on any atom is -0.387 e. The quantitative estimate of drug-likeness (QED) is 0.796. The second kappa shape index (κ2) is 7.08. The van der Waals surface area contributed by atoms with E-state index < -0.39 is 6.10 Å². The SMILES string of the molecule is N#Cc1ccc(C(O)CNCC2CC=CCC2)cc1. The van der Waals surface area contributed by atoms with Crippen molar-refractivity contribution in [3.63, 3.8) is 0 Å². The smallest absolute Gasteiger partial charge is 0.0991 e. The molecule has 0 spiro atoms. The standard InChI is InChI=1S/C16H20N2O/c17-10-13-6-8-15(9-7-13)16(19)12-18-11-14-4-2-1-3-5-14/h1-2,6-9,14,16,18-19H,3-5,11-12H2. The van der Waals surface area contributed by atoms with Gasteiger partial charge in [0.25, 0.3) is 0 Å². The molecule has 0 aromatic heterocycles. The number of rotatable bonds is 5. The van der Waals surface area contributed by atoms with Gasteiger partial charge in [-0.15, -0.1) is 0 Å². The van der Waals surface area contributed by atoms with E-state index in [1.807, 2.05) is 12.1 Å². The van der Waals surface area contributed by atoms with Gasteiger partial charge in [-0.2, -0.15) is 5.26 Å². The fraction of sp³-hybridized carbons (Fsp3) is 0.438. The molecule has 2 unspecified atom stereocenters. The first kappa shape index (κ1) is 13.8. The Bertz CT molecular complexity index is 459. The van der Waals surface area contributed by atoms with Crippen molar-refractivity contribution in [2.24, 2.45) is 5.92 Å². The van der Waals surface area contributed by atoms with E-state index in [0.29, 0.717) is 18.0 Å². The number of benzene rings is 1. The van der Waals surface area contributed by atoms with E-state index >= 15 is 0 Å². The minimum atomic E-state index is -0.508. The van der Waals surface area contributed by atoms with Crippen LogP contribution in [0.15, 0.2) is 36.4 Å². The number of nitriles is 1. The Kier molecular flexibility index (Phi) is 5.14. The molecule has 1 aromatic rings. The number of aliphatic hydroxyl groups is 1. The molecule has 3 nitrogen and oxygen atoms in total. The van der Waals surface area contributed by atoms with Crippen molar-refractivity contribution in [2.45, 2.75) is 25.4 Å². The molecule has 2 rings (SSSR count). The molecular formula is C16H20N2O. The van der Waals surface area contributed by atoms with Gasteiger partial charge in [-0.1, -0.05) is 24.3 Å². The number of hydrogen-bond acceptors (Lipinski definition) is 3. The maximum absolute atomic E-state index is 10.1. The molecule has 2 atom stereocenters. The lowest BCUT2D eigenvalue weighted by molar-refractivity contribution is 0.172. The molecular weight excluding hydrogens is 236 g/mol. The number of nitrogens with zero attached hydrogens (tertiary/aromatic N) is 1. The van der Waals surface area contributed by atoms with E-state index in [4.69, 9.17) is 5.26 Å². The van der Waals surface area contributed by atoms with Crippen molar-refractivity contribution in [3.05, 3.63) is 47.5 Å². The molecule has 2 N–H and O–H groups in total. The zero-order valence-electron chi connectivity index (χ0n) is 11.0. The van der Waals surface area contributed by atoms with Gasteiger partial charge < -0.3 is 10.4 Å². The molecule has 3 heteroatoms. The van der Waals surface area contributed by atoms with Gasteiger partial charge in [-0.3, -0.25) is 0 Å². The molecule has 1 aromatic carbocycles. The largest absolute Gasteiger partial charge is 0.387 e. The van der Waals surface area contributed by atoms with Gasteiger partial charge in [0.15, 0.2) is 0 Å². The second-order valence-electron chi connectivity index (χ2n) is 5.06.